The molecular formula is C17H23NO3. The van der Waals surface area contributed by atoms with Crippen LogP contribution in [-0.2, 0) is 16.0 Å². The average Bonchev–Trinajstić information content (AvgIpc) is 2.63. The molecule has 1 aliphatic rings. The van der Waals surface area contributed by atoms with Crippen LogP contribution in [0, 0.1) is 5.92 Å². The van der Waals surface area contributed by atoms with Crippen LogP contribution in [0.25, 0.3) is 0 Å². The number of hydrogen-bond acceptors (Lipinski definition) is 3. The van der Waals surface area contributed by atoms with Gasteiger partial charge in [0.05, 0.1) is 0 Å². The molecule has 1 aromatic rings. The van der Waals surface area contributed by atoms with E-state index in [1.54, 1.807) is 20.8 Å². The molecule has 0 bridgehead atoms. The van der Waals surface area contributed by atoms with Crippen LogP contribution in [0.5, 0.6) is 0 Å². The smallest absolute Gasteiger partial charge is 0.417 e. The number of imide groups is 1. The monoisotopic (exact) mass is 289 g/mol. The number of carbonyl (C=O) groups excluding carboxylic acids is 2. The summed E-state index contributed by atoms with van der Waals surface area (Å²) >= 11 is 0. The van der Waals surface area contributed by atoms with Gasteiger partial charge in [-0.15, -0.1) is 0 Å². The third-order valence-corrected chi connectivity index (χ3v) is 3.57. The Morgan fingerprint density at radius 2 is 1.90 bits per heavy atom. The molecule has 21 heavy (non-hydrogen) atoms. The summed E-state index contributed by atoms with van der Waals surface area (Å²) in [6.07, 6.45) is 0.826. The van der Waals surface area contributed by atoms with Crippen molar-refractivity contribution in [3.05, 3.63) is 35.9 Å². The lowest BCUT2D eigenvalue weighted by molar-refractivity contribution is -0.131. The zero-order chi connectivity index (χ0) is 15.6. The van der Waals surface area contributed by atoms with E-state index in [0.29, 0.717) is 12.8 Å². The first-order chi connectivity index (χ1) is 9.78. The van der Waals surface area contributed by atoms with Gasteiger partial charge in [-0.25, -0.2) is 9.69 Å². The summed E-state index contributed by atoms with van der Waals surface area (Å²) in [7, 11) is 0. The second-order valence-corrected chi connectivity index (χ2v) is 6.66. The topological polar surface area (TPSA) is 46.6 Å². The first-order valence-electron chi connectivity index (χ1n) is 7.38. The molecule has 1 aromatic carbocycles. The van der Waals surface area contributed by atoms with E-state index in [9.17, 15) is 9.59 Å². The van der Waals surface area contributed by atoms with Crippen molar-refractivity contribution in [3.8, 4) is 0 Å². The summed E-state index contributed by atoms with van der Waals surface area (Å²) < 4.78 is 5.33. The number of ether oxygens (including phenoxy) is 1. The Kier molecular flexibility index (Phi) is 4.35. The van der Waals surface area contributed by atoms with E-state index < -0.39 is 11.7 Å². The Morgan fingerprint density at radius 3 is 2.48 bits per heavy atom. The van der Waals surface area contributed by atoms with Gasteiger partial charge in [0.25, 0.3) is 0 Å². The zero-order valence-corrected chi connectivity index (χ0v) is 13.1. The molecule has 2 atom stereocenters. The fourth-order valence-corrected chi connectivity index (χ4v) is 2.68. The number of likely N-dealkylation sites (tertiary alicyclic amines) is 1. The first-order valence-corrected chi connectivity index (χ1v) is 7.38. The maximum atomic E-state index is 12.5. The number of amides is 2. The molecule has 1 heterocycles. The third-order valence-electron chi connectivity index (χ3n) is 3.57. The molecule has 0 radical (unpaired) electrons. The van der Waals surface area contributed by atoms with E-state index in [1.165, 1.54) is 4.90 Å². The van der Waals surface area contributed by atoms with Crippen molar-refractivity contribution >= 4 is 12.0 Å². The third kappa shape index (κ3) is 3.84. The molecule has 0 saturated carbocycles. The molecule has 0 aromatic heterocycles. The van der Waals surface area contributed by atoms with Gasteiger partial charge in [-0.1, -0.05) is 30.3 Å². The number of hydrogen-bond donors (Lipinski definition) is 0. The quantitative estimate of drug-likeness (QED) is 0.838. The van der Waals surface area contributed by atoms with Gasteiger partial charge in [-0.3, -0.25) is 4.79 Å². The highest BCUT2D eigenvalue weighted by Crippen LogP contribution is 2.29. The summed E-state index contributed by atoms with van der Waals surface area (Å²) in [4.78, 5) is 25.9. The summed E-state index contributed by atoms with van der Waals surface area (Å²) in [5.74, 6) is -0.268. The predicted octanol–water partition coefficient (Wildman–Crippen LogP) is 3.40. The van der Waals surface area contributed by atoms with Crippen molar-refractivity contribution in [2.24, 2.45) is 5.92 Å². The molecule has 2 rings (SSSR count). The lowest BCUT2D eigenvalue weighted by Gasteiger charge is -2.25. The fourth-order valence-electron chi connectivity index (χ4n) is 2.68. The molecule has 4 heteroatoms. The van der Waals surface area contributed by atoms with E-state index in [1.807, 2.05) is 37.3 Å². The van der Waals surface area contributed by atoms with Gasteiger partial charge in [-0.05, 0) is 46.1 Å². The molecule has 4 nitrogen and oxygen atoms in total. The SMILES string of the molecule is C[C@@H]1C[C@H](Cc2ccccc2)C(=O)N1C(=O)OC(C)(C)C. The van der Waals surface area contributed by atoms with E-state index in [0.717, 1.165) is 5.56 Å². The minimum Gasteiger partial charge on any atom is -0.443 e. The Bertz CT molecular complexity index is 519. The molecule has 0 spiro atoms. The molecule has 114 valence electrons. The van der Waals surface area contributed by atoms with Gasteiger partial charge in [0, 0.05) is 12.0 Å². The standard InChI is InChI=1S/C17H23NO3/c1-12-10-14(11-13-8-6-5-7-9-13)15(19)18(12)16(20)21-17(2,3)4/h5-9,12,14H,10-11H2,1-4H3/t12-,14-/m1/s1. The lowest BCUT2D eigenvalue weighted by atomic mass is 9.97. The maximum absolute atomic E-state index is 12.5. The van der Waals surface area contributed by atoms with Crippen LogP contribution in [-0.4, -0.2) is 28.5 Å². The van der Waals surface area contributed by atoms with Gasteiger partial charge in [0.1, 0.15) is 5.60 Å². The minimum atomic E-state index is -0.589. The molecule has 1 fully saturated rings. The van der Waals surface area contributed by atoms with Crippen molar-refractivity contribution in [3.63, 3.8) is 0 Å². The minimum absolute atomic E-state index is 0.110. The van der Waals surface area contributed by atoms with Crippen LogP contribution in [0.15, 0.2) is 30.3 Å². The van der Waals surface area contributed by atoms with E-state index in [2.05, 4.69) is 0 Å². The Morgan fingerprint density at radius 1 is 1.29 bits per heavy atom. The number of nitrogens with zero attached hydrogens (tertiary/aromatic N) is 1. The highest BCUT2D eigenvalue weighted by molar-refractivity contribution is 5.95. The lowest BCUT2D eigenvalue weighted by Crippen LogP contribution is -2.41. The number of benzene rings is 1. The van der Waals surface area contributed by atoms with Crippen molar-refractivity contribution < 1.29 is 14.3 Å². The van der Waals surface area contributed by atoms with Gasteiger partial charge in [0.2, 0.25) is 5.91 Å². The zero-order valence-electron chi connectivity index (χ0n) is 13.1. The summed E-state index contributed by atoms with van der Waals surface area (Å²) in [5.41, 5.74) is 0.531. The van der Waals surface area contributed by atoms with Crippen molar-refractivity contribution in [1.82, 2.24) is 4.90 Å². The molecule has 1 saturated heterocycles. The van der Waals surface area contributed by atoms with Crippen molar-refractivity contribution in [1.29, 1.82) is 0 Å². The number of carbonyl (C=O) groups is 2. The molecule has 0 unspecified atom stereocenters. The fraction of sp³-hybridized carbons (Fsp3) is 0.529. The molecule has 0 aliphatic carbocycles. The highest BCUT2D eigenvalue weighted by Gasteiger charge is 2.42. The van der Waals surface area contributed by atoms with Crippen LogP contribution in [0.4, 0.5) is 4.79 Å². The van der Waals surface area contributed by atoms with E-state index in [4.69, 9.17) is 4.74 Å². The first kappa shape index (κ1) is 15.5. The molecule has 1 aliphatic heterocycles. The van der Waals surface area contributed by atoms with Crippen LogP contribution in [0.3, 0.4) is 0 Å². The predicted molar refractivity (Wildman–Crippen MR) is 80.8 cm³/mol. The molecule has 2 amide bonds. The van der Waals surface area contributed by atoms with Gasteiger partial charge < -0.3 is 4.74 Å². The summed E-state index contributed by atoms with van der Waals surface area (Å²) in [6.45, 7) is 7.31. The Balaban J connectivity index is 2.06. The second kappa shape index (κ2) is 5.88. The van der Waals surface area contributed by atoms with Gasteiger partial charge in [0.15, 0.2) is 0 Å². The maximum Gasteiger partial charge on any atom is 0.417 e. The van der Waals surface area contributed by atoms with Gasteiger partial charge >= 0.3 is 6.09 Å². The summed E-state index contributed by atoms with van der Waals surface area (Å²) in [5, 5.41) is 0. The second-order valence-electron chi connectivity index (χ2n) is 6.66. The Hall–Kier alpha value is -1.84. The Labute approximate surface area is 126 Å². The van der Waals surface area contributed by atoms with Gasteiger partial charge in [-0.2, -0.15) is 0 Å². The normalized spacial score (nSPS) is 22.5. The van der Waals surface area contributed by atoms with Crippen LogP contribution in [0.2, 0.25) is 0 Å². The van der Waals surface area contributed by atoms with E-state index in [-0.39, 0.29) is 17.9 Å². The van der Waals surface area contributed by atoms with Crippen LogP contribution < -0.4 is 0 Å². The molecule has 0 N–H and O–H groups in total. The number of rotatable bonds is 2. The average molecular weight is 289 g/mol. The van der Waals surface area contributed by atoms with Crippen LogP contribution in [0.1, 0.15) is 39.7 Å². The summed E-state index contributed by atoms with van der Waals surface area (Å²) in [6, 6.07) is 9.78. The molecular weight excluding hydrogens is 266 g/mol. The largest absolute Gasteiger partial charge is 0.443 e. The van der Waals surface area contributed by atoms with Crippen LogP contribution >= 0.6 is 0 Å². The van der Waals surface area contributed by atoms with Crippen molar-refractivity contribution in [2.75, 3.05) is 0 Å². The van der Waals surface area contributed by atoms with E-state index >= 15 is 0 Å². The van der Waals surface area contributed by atoms with Crippen molar-refractivity contribution in [2.45, 2.75) is 52.2 Å². The highest BCUT2D eigenvalue weighted by atomic mass is 16.6.